The van der Waals surface area contributed by atoms with Gasteiger partial charge in [0, 0.05) is 11.8 Å². The van der Waals surface area contributed by atoms with E-state index in [1.54, 1.807) is 0 Å². The molecule has 9 nitrogen and oxygen atoms in total. The molecule has 0 heterocycles. The molecule has 24 heavy (non-hydrogen) atoms. The Labute approximate surface area is 139 Å². The second-order valence-corrected chi connectivity index (χ2v) is 5.34. The molecule has 0 unspecified atom stereocenters. The van der Waals surface area contributed by atoms with E-state index in [1.807, 2.05) is 6.92 Å². The number of hydrogen-bond acceptors (Lipinski definition) is 6. The lowest BCUT2D eigenvalue weighted by atomic mass is 10.1. The van der Waals surface area contributed by atoms with Crippen molar-refractivity contribution in [2.45, 2.75) is 38.6 Å². The maximum absolute atomic E-state index is 12.0. The summed E-state index contributed by atoms with van der Waals surface area (Å²) in [5.41, 5.74) is 5.34. The van der Waals surface area contributed by atoms with Gasteiger partial charge in [0.05, 0.1) is 11.3 Å². The highest BCUT2D eigenvalue weighted by Crippen LogP contribution is 2.25. The van der Waals surface area contributed by atoms with Crippen LogP contribution in [0, 0.1) is 10.1 Å². The lowest BCUT2D eigenvalue weighted by Crippen LogP contribution is -2.40. The van der Waals surface area contributed by atoms with Crippen LogP contribution in [0.3, 0.4) is 0 Å². The molecule has 0 radical (unpaired) electrons. The van der Waals surface area contributed by atoms with Crippen LogP contribution in [0.25, 0.3) is 0 Å². The molecule has 0 saturated heterocycles. The Bertz CT molecular complexity index is 606. The van der Waals surface area contributed by atoms with Crippen LogP contribution in [-0.4, -0.2) is 34.5 Å². The Morgan fingerprint density at radius 3 is 2.67 bits per heavy atom. The fourth-order valence-corrected chi connectivity index (χ4v) is 2.08. The van der Waals surface area contributed by atoms with Crippen LogP contribution in [0.5, 0.6) is 0 Å². The first kappa shape index (κ1) is 19.4. The smallest absolute Gasteiger partial charge is 0.321 e. The first-order chi connectivity index (χ1) is 11.3. The third-order valence-corrected chi connectivity index (χ3v) is 3.37. The molecule has 0 aliphatic rings. The Morgan fingerprint density at radius 2 is 2.08 bits per heavy atom. The zero-order valence-electron chi connectivity index (χ0n) is 13.4. The van der Waals surface area contributed by atoms with Gasteiger partial charge in [-0.1, -0.05) is 19.8 Å². The summed E-state index contributed by atoms with van der Waals surface area (Å²) >= 11 is 0. The van der Waals surface area contributed by atoms with Crippen LogP contribution >= 0.6 is 0 Å². The molecule has 1 aromatic carbocycles. The Morgan fingerprint density at radius 1 is 1.38 bits per heavy atom. The van der Waals surface area contributed by atoms with E-state index in [0.29, 0.717) is 6.54 Å². The van der Waals surface area contributed by atoms with Crippen molar-refractivity contribution < 1.29 is 19.6 Å². The highest BCUT2D eigenvalue weighted by molar-refractivity contribution is 5.94. The van der Waals surface area contributed by atoms with Gasteiger partial charge in [0.25, 0.3) is 5.69 Å². The van der Waals surface area contributed by atoms with E-state index < -0.39 is 22.8 Å². The summed E-state index contributed by atoms with van der Waals surface area (Å²) in [5.74, 6) is -1.67. The molecule has 0 aliphatic carbocycles. The Balaban J connectivity index is 2.64. The lowest BCUT2D eigenvalue weighted by Gasteiger charge is -2.14. The number of hydrogen-bond donors (Lipinski definition) is 4. The number of amides is 1. The quantitative estimate of drug-likeness (QED) is 0.220. The largest absolute Gasteiger partial charge is 0.480 e. The van der Waals surface area contributed by atoms with Crippen molar-refractivity contribution in [1.82, 2.24) is 5.32 Å². The molecule has 0 aromatic heterocycles. The third-order valence-electron chi connectivity index (χ3n) is 3.37. The van der Waals surface area contributed by atoms with Crippen molar-refractivity contribution in [2.24, 2.45) is 0 Å². The van der Waals surface area contributed by atoms with Crippen LogP contribution < -0.4 is 16.4 Å². The number of nitrogens with zero attached hydrogens (tertiary/aromatic N) is 1. The maximum atomic E-state index is 12.0. The minimum absolute atomic E-state index is 0.0148. The van der Waals surface area contributed by atoms with Gasteiger partial charge in [0.15, 0.2) is 0 Å². The minimum atomic E-state index is -1.12. The van der Waals surface area contributed by atoms with Crippen LogP contribution in [0.1, 0.15) is 32.6 Å². The summed E-state index contributed by atoms with van der Waals surface area (Å²) in [6, 6.07) is 2.86. The van der Waals surface area contributed by atoms with Gasteiger partial charge < -0.3 is 21.5 Å². The number of carbonyl (C=O) groups excluding carboxylic acids is 1. The minimum Gasteiger partial charge on any atom is -0.480 e. The molecule has 1 aromatic rings. The van der Waals surface area contributed by atoms with E-state index in [4.69, 9.17) is 10.8 Å². The molecule has 0 saturated carbocycles. The lowest BCUT2D eigenvalue weighted by molar-refractivity contribution is -0.383. The summed E-state index contributed by atoms with van der Waals surface area (Å²) in [4.78, 5) is 33.3. The molecule has 5 N–H and O–H groups in total. The fraction of sp³-hybridized carbons (Fsp3) is 0.467. The van der Waals surface area contributed by atoms with E-state index in [0.717, 1.165) is 25.3 Å². The van der Waals surface area contributed by atoms with Crippen molar-refractivity contribution in [1.29, 1.82) is 0 Å². The SMILES string of the molecule is CCCCCN[C@H](CC(=O)Nc1ccc(N)c([N+](=O)[O-])c1)C(=O)O. The maximum Gasteiger partial charge on any atom is 0.321 e. The number of carboxylic acids is 1. The van der Waals surface area contributed by atoms with Crippen molar-refractivity contribution in [3.63, 3.8) is 0 Å². The van der Waals surface area contributed by atoms with Crippen LogP contribution in [-0.2, 0) is 9.59 Å². The van der Waals surface area contributed by atoms with Crippen LogP contribution in [0.2, 0.25) is 0 Å². The van der Waals surface area contributed by atoms with Crippen molar-refractivity contribution in [3.8, 4) is 0 Å². The predicted octanol–water partition coefficient (Wildman–Crippen LogP) is 1.74. The monoisotopic (exact) mass is 338 g/mol. The fourth-order valence-electron chi connectivity index (χ4n) is 2.08. The number of nitro groups is 1. The molecular weight excluding hydrogens is 316 g/mol. The van der Waals surface area contributed by atoms with Crippen molar-refractivity contribution in [2.75, 3.05) is 17.6 Å². The first-order valence-electron chi connectivity index (χ1n) is 7.65. The molecule has 1 atom stereocenters. The number of rotatable bonds is 10. The number of nitro benzene ring substituents is 1. The van der Waals surface area contributed by atoms with Gasteiger partial charge in [-0.3, -0.25) is 19.7 Å². The number of anilines is 2. The third kappa shape index (κ3) is 6.21. The van der Waals surface area contributed by atoms with Crippen molar-refractivity contribution in [3.05, 3.63) is 28.3 Å². The molecule has 0 bridgehead atoms. The molecule has 0 spiro atoms. The number of nitrogen functional groups attached to an aromatic ring is 1. The average molecular weight is 338 g/mol. The number of benzene rings is 1. The highest BCUT2D eigenvalue weighted by Gasteiger charge is 2.21. The van der Waals surface area contributed by atoms with E-state index in [1.165, 1.54) is 12.1 Å². The topological polar surface area (TPSA) is 148 Å². The Kier molecular flexibility index (Phi) is 7.63. The summed E-state index contributed by atoms with van der Waals surface area (Å²) in [6.07, 6.45) is 2.53. The van der Waals surface area contributed by atoms with Gasteiger partial charge in [0.2, 0.25) is 5.91 Å². The van der Waals surface area contributed by atoms with E-state index in [-0.39, 0.29) is 23.5 Å². The highest BCUT2D eigenvalue weighted by atomic mass is 16.6. The second-order valence-electron chi connectivity index (χ2n) is 5.34. The van der Waals surface area contributed by atoms with E-state index in [9.17, 15) is 19.7 Å². The summed E-state index contributed by atoms with van der Waals surface area (Å²) in [5, 5.41) is 25.2. The van der Waals surface area contributed by atoms with Gasteiger partial charge in [0.1, 0.15) is 11.7 Å². The van der Waals surface area contributed by atoms with Gasteiger partial charge in [-0.05, 0) is 25.1 Å². The zero-order valence-corrected chi connectivity index (χ0v) is 13.4. The van der Waals surface area contributed by atoms with Gasteiger partial charge >= 0.3 is 5.97 Å². The predicted molar refractivity (Wildman–Crippen MR) is 89.7 cm³/mol. The summed E-state index contributed by atoms with van der Waals surface area (Å²) < 4.78 is 0. The standard InChI is InChI=1S/C15H22N4O5/c1-2-3-4-7-17-12(15(21)22)9-14(20)18-10-5-6-11(16)13(8-10)19(23)24/h5-6,8,12,17H,2-4,7,9,16H2,1H3,(H,18,20)(H,21,22)/t12-/m1/s1. The molecular formula is C15H22N4O5. The average Bonchev–Trinajstić information content (AvgIpc) is 2.51. The molecule has 9 heteroatoms. The van der Waals surface area contributed by atoms with Crippen LogP contribution in [0.15, 0.2) is 18.2 Å². The van der Waals surface area contributed by atoms with E-state index in [2.05, 4.69) is 10.6 Å². The number of nitrogens with two attached hydrogens (primary N) is 1. The summed E-state index contributed by atoms with van der Waals surface area (Å²) in [6.45, 7) is 2.54. The van der Waals surface area contributed by atoms with Gasteiger partial charge in [-0.25, -0.2) is 0 Å². The van der Waals surface area contributed by atoms with Crippen molar-refractivity contribution >= 4 is 28.9 Å². The van der Waals surface area contributed by atoms with Gasteiger partial charge in [-0.15, -0.1) is 0 Å². The Hall–Kier alpha value is -2.68. The number of unbranched alkanes of at least 4 members (excludes halogenated alkanes) is 2. The number of aliphatic carboxylic acids is 1. The first-order valence-corrected chi connectivity index (χ1v) is 7.65. The molecule has 1 rings (SSSR count). The van der Waals surface area contributed by atoms with Crippen LogP contribution in [0.4, 0.5) is 17.1 Å². The number of carboxylic acid groups (broad SMARTS) is 1. The normalized spacial score (nSPS) is 11.7. The zero-order chi connectivity index (χ0) is 18.1. The molecule has 132 valence electrons. The van der Waals surface area contributed by atoms with Gasteiger partial charge in [-0.2, -0.15) is 0 Å². The molecule has 1 amide bonds. The molecule has 0 aliphatic heterocycles. The number of carbonyl (C=O) groups is 2. The number of nitrogens with one attached hydrogen (secondary N) is 2. The summed E-state index contributed by atoms with van der Waals surface area (Å²) in [7, 11) is 0. The second kappa shape index (κ2) is 9.46. The molecule has 0 fully saturated rings. The van der Waals surface area contributed by atoms with E-state index >= 15 is 0 Å².